The Labute approximate surface area is 297 Å². The molecule has 0 unspecified atom stereocenters. The molecule has 2 heteroatoms. The zero-order valence-corrected chi connectivity index (χ0v) is 28.6. The predicted octanol–water partition coefficient (Wildman–Crippen LogP) is 14.9. The summed E-state index contributed by atoms with van der Waals surface area (Å²) in [6.45, 7) is 0. The summed E-state index contributed by atoms with van der Waals surface area (Å²) in [4.78, 5) is 0. The number of fused-ring (bicyclic) bond motifs is 11. The summed E-state index contributed by atoms with van der Waals surface area (Å²) in [7, 11) is 0. The molecular weight excluding hydrogens is 641 g/mol. The third-order valence-electron chi connectivity index (χ3n) is 10.4. The summed E-state index contributed by atoms with van der Waals surface area (Å²) in [6, 6.07) is 62.9. The molecule has 2 aromatic heterocycles. The summed E-state index contributed by atoms with van der Waals surface area (Å²) >= 11 is 3.82. The third kappa shape index (κ3) is 4.04. The molecule has 0 bridgehead atoms. The molecule has 0 fully saturated rings. The van der Waals surface area contributed by atoms with E-state index in [9.17, 15) is 0 Å². The van der Waals surface area contributed by atoms with Gasteiger partial charge in [0.2, 0.25) is 0 Å². The number of thiophene rings is 2. The van der Waals surface area contributed by atoms with Crippen LogP contribution in [-0.4, -0.2) is 0 Å². The monoisotopic (exact) mass is 668 g/mol. The van der Waals surface area contributed by atoms with Gasteiger partial charge in [-0.1, -0.05) is 140 Å². The van der Waals surface area contributed by atoms with Crippen LogP contribution in [0.4, 0.5) is 0 Å². The summed E-state index contributed by atoms with van der Waals surface area (Å²) in [6.07, 6.45) is 0. The first-order chi connectivity index (χ1) is 24.8. The van der Waals surface area contributed by atoms with Crippen molar-refractivity contribution in [3.05, 3.63) is 170 Å². The Hall–Kier alpha value is -5.80. The lowest BCUT2D eigenvalue weighted by molar-refractivity contribution is 1.64. The van der Waals surface area contributed by atoms with Crippen molar-refractivity contribution in [2.24, 2.45) is 0 Å². The third-order valence-corrected chi connectivity index (χ3v) is 12.7. The minimum Gasteiger partial charge on any atom is -0.135 e. The summed E-state index contributed by atoms with van der Waals surface area (Å²) < 4.78 is 5.40. The molecule has 232 valence electrons. The second kappa shape index (κ2) is 10.9. The van der Waals surface area contributed by atoms with E-state index >= 15 is 0 Å². The topological polar surface area (TPSA) is 0 Å². The first kappa shape index (κ1) is 28.1. The standard InChI is InChI=1S/C48H28S2/c1-2-13-29(14-3-1)44-34-19-6-8-21-36(34)45(37-22-9-7-20-35(37)44)31-16-12-15-30(27-31)39-28-43-46(33-18-5-4-17-32(33)39)48-42(50-43)26-25-41-47(48)38-23-10-11-24-40(38)49-41/h1-28H. The Balaban J connectivity index is 1.19. The largest absolute Gasteiger partial charge is 0.135 e. The van der Waals surface area contributed by atoms with Gasteiger partial charge < -0.3 is 0 Å². The fraction of sp³-hybridized carbons (Fsp3) is 0. The van der Waals surface area contributed by atoms with Crippen LogP contribution >= 0.6 is 22.7 Å². The fourth-order valence-electron chi connectivity index (χ4n) is 8.37. The average Bonchev–Trinajstić information content (AvgIpc) is 3.75. The number of hydrogen-bond donors (Lipinski definition) is 0. The molecule has 50 heavy (non-hydrogen) atoms. The van der Waals surface area contributed by atoms with Crippen molar-refractivity contribution >= 4 is 95.3 Å². The molecule has 0 saturated heterocycles. The van der Waals surface area contributed by atoms with Gasteiger partial charge in [0.05, 0.1) is 0 Å². The minimum absolute atomic E-state index is 1.24. The molecule has 9 aromatic carbocycles. The number of rotatable bonds is 3. The molecule has 0 atom stereocenters. The van der Waals surface area contributed by atoms with E-state index in [1.165, 1.54) is 106 Å². The van der Waals surface area contributed by atoms with Gasteiger partial charge in [-0.05, 0) is 96.0 Å². The normalized spacial score (nSPS) is 12.0. The molecule has 0 amide bonds. The van der Waals surface area contributed by atoms with Crippen LogP contribution in [0.5, 0.6) is 0 Å². The molecule has 2 heterocycles. The van der Waals surface area contributed by atoms with E-state index in [2.05, 4.69) is 170 Å². The van der Waals surface area contributed by atoms with Crippen LogP contribution in [-0.2, 0) is 0 Å². The lowest BCUT2D eigenvalue weighted by atomic mass is 9.85. The van der Waals surface area contributed by atoms with E-state index in [4.69, 9.17) is 0 Å². The Morgan fingerprint density at radius 3 is 1.44 bits per heavy atom. The quantitative estimate of drug-likeness (QED) is 0.164. The maximum absolute atomic E-state index is 2.45. The Kier molecular flexibility index (Phi) is 6.09. The van der Waals surface area contributed by atoms with Crippen LogP contribution < -0.4 is 0 Å². The summed E-state index contributed by atoms with van der Waals surface area (Å²) in [5.74, 6) is 0. The maximum Gasteiger partial charge on any atom is 0.0368 e. The van der Waals surface area contributed by atoms with Crippen LogP contribution in [0, 0.1) is 0 Å². The molecular formula is C48H28S2. The fourth-order valence-corrected chi connectivity index (χ4v) is 10.7. The van der Waals surface area contributed by atoms with E-state index in [1.807, 2.05) is 22.7 Å². The van der Waals surface area contributed by atoms with E-state index in [0.717, 1.165) is 0 Å². The molecule has 0 radical (unpaired) electrons. The zero-order chi connectivity index (χ0) is 32.8. The summed E-state index contributed by atoms with van der Waals surface area (Å²) in [5, 5.41) is 13.3. The molecule has 0 aliphatic carbocycles. The van der Waals surface area contributed by atoms with Gasteiger partial charge in [-0.15, -0.1) is 22.7 Å². The van der Waals surface area contributed by atoms with Gasteiger partial charge in [0.25, 0.3) is 0 Å². The van der Waals surface area contributed by atoms with Crippen molar-refractivity contribution in [1.82, 2.24) is 0 Å². The number of benzene rings is 9. The second-order valence-corrected chi connectivity index (χ2v) is 15.3. The first-order valence-electron chi connectivity index (χ1n) is 17.1. The highest BCUT2D eigenvalue weighted by Crippen LogP contribution is 2.49. The smallest absolute Gasteiger partial charge is 0.0368 e. The number of hydrogen-bond acceptors (Lipinski definition) is 2. The Morgan fingerprint density at radius 1 is 0.260 bits per heavy atom. The summed E-state index contributed by atoms with van der Waals surface area (Å²) in [5.41, 5.74) is 7.59. The van der Waals surface area contributed by atoms with Gasteiger partial charge in [0.15, 0.2) is 0 Å². The van der Waals surface area contributed by atoms with Crippen molar-refractivity contribution in [2.75, 3.05) is 0 Å². The van der Waals surface area contributed by atoms with Crippen molar-refractivity contribution in [2.45, 2.75) is 0 Å². The Bertz CT molecular complexity index is 3080. The van der Waals surface area contributed by atoms with E-state index in [1.54, 1.807) is 0 Å². The van der Waals surface area contributed by atoms with Gasteiger partial charge in [0.1, 0.15) is 0 Å². The van der Waals surface area contributed by atoms with Crippen LogP contribution in [0.2, 0.25) is 0 Å². The van der Waals surface area contributed by atoms with Gasteiger partial charge in [-0.3, -0.25) is 0 Å². The van der Waals surface area contributed by atoms with Crippen molar-refractivity contribution in [1.29, 1.82) is 0 Å². The predicted molar refractivity (Wildman–Crippen MR) is 221 cm³/mol. The molecule has 11 rings (SSSR count). The second-order valence-electron chi connectivity index (χ2n) is 13.1. The van der Waals surface area contributed by atoms with Crippen LogP contribution in [0.15, 0.2) is 170 Å². The lowest BCUT2D eigenvalue weighted by Crippen LogP contribution is -1.91. The van der Waals surface area contributed by atoms with Gasteiger partial charge in [0, 0.05) is 40.3 Å². The van der Waals surface area contributed by atoms with Gasteiger partial charge in [-0.2, -0.15) is 0 Å². The van der Waals surface area contributed by atoms with Crippen molar-refractivity contribution < 1.29 is 0 Å². The van der Waals surface area contributed by atoms with Gasteiger partial charge in [-0.25, -0.2) is 0 Å². The van der Waals surface area contributed by atoms with Crippen LogP contribution in [0.25, 0.3) is 106 Å². The molecule has 0 saturated carbocycles. The molecule has 0 nitrogen and oxygen atoms in total. The van der Waals surface area contributed by atoms with Crippen molar-refractivity contribution in [3.8, 4) is 33.4 Å². The van der Waals surface area contributed by atoms with Crippen LogP contribution in [0.3, 0.4) is 0 Å². The van der Waals surface area contributed by atoms with Gasteiger partial charge >= 0.3 is 0 Å². The molecule has 0 aliphatic heterocycles. The molecule has 0 spiro atoms. The first-order valence-corrected chi connectivity index (χ1v) is 18.7. The lowest BCUT2D eigenvalue weighted by Gasteiger charge is -2.18. The van der Waals surface area contributed by atoms with Crippen molar-refractivity contribution in [3.63, 3.8) is 0 Å². The highest BCUT2D eigenvalue weighted by molar-refractivity contribution is 7.28. The SMILES string of the molecule is c1ccc(-c2c3ccccc3c(-c3cccc(-c4cc5sc6ccc7sc8ccccc8c7c6c5c5ccccc45)c3)c3ccccc23)cc1. The van der Waals surface area contributed by atoms with E-state index < -0.39 is 0 Å². The highest BCUT2D eigenvalue weighted by Gasteiger charge is 2.20. The molecule has 0 N–H and O–H groups in total. The van der Waals surface area contributed by atoms with E-state index in [0.29, 0.717) is 0 Å². The van der Waals surface area contributed by atoms with E-state index in [-0.39, 0.29) is 0 Å². The Morgan fingerprint density at radius 2 is 0.740 bits per heavy atom. The van der Waals surface area contributed by atoms with Crippen LogP contribution in [0.1, 0.15) is 0 Å². The maximum atomic E-state index is 2.45. The molecule has 11 aromatic rings. The average molecular weight is 669 g/mol. The zero-order valence-electron chi connectivity index (χ0n) is 27.0. The molecule has 0 aliphatic rings. The highest BCUT2D eigenvalue weighted by atomic mass is 32.1. The minimum atomic E-state index is 1.24.